The zero-order valence-corrected chi connectivity index (χ0v) is 16.6. The molecule has 29 heavy (non-hydrogen) atoms. The van der Waals surface area contributed by atoms with Crippen LogP contribution in [0.3, 0.4) is 0 Å². The lowest BCUT2D eigenvalue weighted by atomic mass is 10.1. The smallest absolute Gasteiger partial charge is 0.306 e. The van der Waals surface area contributed by atoms with E-state index in [9.17, 15) is 14.4 Å². The van der Waals surface area contributed by atoms with Crippen LogP contribution in [0.4, 0.5) is 0 Å². The highest BCUT2D eigenvalue weighted by Crippen LogP contribution is 2.15. The molecule has 2 N–H and O–H groups in total. The van der Waals surface area contributed by atoms with Crippen molar-refractivity contribution in [2.75, 3.05) is 13.2 Å². The van der Waals surface area contributed by atoms with Crippen molar-refractivity contribution < 1.29 is 23.9 Å². The van der Waals surface area contributed by atoms with Crippen LogP contribution >= 0.6 is 11.6 Å². The number of hydrazine groups is 1. The molecule has 2 rings (SSSR count). The molecular weight excluding hydrogens is 396 g/mol. The van der Waals surface area contributed by atoms with Crippen LogP contribution in [-0.4, -0.2) is 31.0 Å². The van der Waals surface area contributed by atoms with Gasteiger partial charge in [-0.3, -0.25) is 25.2 Å². The van der Waals surface area contributed by atoms with Crippen LogP contribution in [0, 0.1) is 0 Å². The summed E-state index contributed by atoms with van der Waals surface area (Å²) in [6.07, 6.45) is 1.38. The van der Waals surface area contributed by atoms with E-state index in [1.807, 2.05) is 30.3 Å². The van der Waals surface area contributed by atoms with E-state index in [1.54, 1.807) is 24.3 Å². The molecule has 0 spiro atoms. The number of rotatable bonds is 10. The molecule has 2 amide bonds. The summed E-state index contributed by atoms with van der Waals surface area (Å²) in [4.78, 5) is 35.0. The quantitative estimate of drug-likeness (QED) is 0.351. The number of hydrogen-bond acceptors (Lipinski definition) is 5. The second-order valence-electron chi connectivity index (χ2n) is 6.15. The Morgan fingerprint density at radius 1 is 0.862 bits per heavy atom. The maximum Gasteiger partial charge on any atom is 0.306 e. The number of hydrogen-bond donors (Lipinski definition) is 2. The predicted molar refractivity (Wildman–Crippen MR) is 108 cm³/mol. The number of carbonyl (C=O) groups is 3. The summed E-state index contributed by atoms with van der Waals surface area (Å²) in [5.74, 6) is -1.00. The van der Waals surface area contributed by atoms with Crippen molar-refractivity contribution in [2.24, 2.45) is 0 Å². The molecule has 0 atom stereocenters. The van der Waals surface area contributed by atoms with Gasteiger partial charge in [-0.2, -0.15) is 0 Å². The lowest BCUT2D eigenvalue weighted by Crippen LogP contribution is -2.43. The Kier molecular flexibility index (Phi) is 9.51. The maximum atomic E-state index is 11.7. The van der Waals surface area contributed by atoms with Gasteiger partial charge in [-0.1, -0.05) is 41.9 Å². The van der Waals surface area contributed by atoms with E-state index in [-0.39, 0.29) is 19.4 Å². The minimum Gasteiger partial charge on any atom is -0.484 e. The molecular formula is C21H23ClN2O5. The lowest BCUT2D eigenvalue weighted by Gasteiger charge is -2.09. The summed E-state index contributed by atoms with van der Waals surface area (Å²) in [7, 11) is 0. The third-order valence-corrected chi connectivity index (χ3v) is 4.05. The Balaban J connectivity index is 1.51. The van der Waals surface area contributed by atoms with Gasteiger partial charge in [0.05, 0.1) is 13.0 Å². The second-order valence-corrected chi connectivity index (χ2v) is 6.59. The van der Waals surface area contributed by atoms with Gasteiger partial charge >= 0.3 is 5.97 Å². The Hall–Kier alpha value is -3.06. The number of aryl methyl sites for hydroxylation is 1. The van der Waals surface area contributed by atoms with Crippen LogP contribution < -0.4 is 15.6 Å². The van der Waals surface area contributed by atoms with Gasteiger partial charge < -0.3 is 9.47 Å². The molecule has 7 nitrogen and oxygen atoms in total. The van der Waals surface area contributed by atoms with E-state index in [0.29, 0.717) is 23.8 Å². The fraction of sp³-hybridized carbons (Fsp3) is 0.286. The van der Waals surface area contributed by atoms with Crippen molar-refractivity contribution in [3.05, 3.63) is 65.2 Å². The van der Waals surface area contributed by atoms with E-state index in [0.717, 1.165) is 6.42 Å². The molecule has 0 bridgehead atoms. The molecule has 0 saturated carbocycles. The van der Waals surface area contributed by atoms with E-state index in [2.05, 4.69) is 10.9 Å². The molecule has 2 aromatic rings. The third-order valence-electron chi connectivity index (χ3n) is 3.80. The highest BCUT2D eigenvalue weighted by molar-refractivity contribution is 6.30. The van der Waals surface area contributed by atoms with Gasteiger partial charge in [0.1, 0.15) is 5.75 Å². The van der Waals surface area contributed by atoms with Crippen molar-refractivity contribution in [3.63, 3.8) is 0 Å². The van der Waals surface area contributed by atoms with E-state index >= 15 is 0 Å². The summed E-state index contributed by atoms with van der Waals surface area (Å²) in [5, 5.41) is 0.559. The monoisotopic (exact) mass is 418 g/mol. The van der Waals surface area contributed by atoms with Crippen LogP contribution in [-0.2, 0) is 25.5 Å². The lowest BCUT2D eigenvalue weighted by molar-refractivity contribution is -0.145. The van der Waals surface area contributed by atoms with E-state index < -0.39 is 17.8 Å². The van der Waals surface area contributed by atoms with E-state index in [1.165, 1.54) is 5.56 Å². The van der Waals surface area contributed by atoms with Crippen LogP contribution in [0.1, 0.15) is 24.8 Å². The molecule has 2 aromatic carbocycles. The number of ether oxygens (including phenoxy) is 2. The average Bonchev–Trinajstić information content (AvgIpc) is 2.74. The first kappa shape index (κ1) is 22.2. The standard InChI is InChI=1S/C21H23ClN2O5/c22-17-8-10-18(11-9-17)29-15-20(26)24-23-19(25)12-13-21(27)28-14-4-7-16-5-2-1-3-6-16/h1-3,5-6,8-11H,4,7,12-15H2,(H,23,25)(H,24,26). The van der Waals surface area contributed by atoms with Crippen molar-refractivity contribution in [2.45, 2.75) is 25.7 Å². The van der Waals surface area contributed by atoms with Gasteiger partial charge in [0.15, 0.2) is 6.61 Å². The second kappa shape index (κ2) is 12.4. The summed E-state index contributed by atoms with van der Waals surface area (Å²) in [5.41, 5.74) is 5.62. The van der Waals surface area contributed by atoms with Crippen molar-refractivity contribution >= 4 is 29.4 Å². The molecule has 8 heteroatoms. The summed E-state index contributed by atoms with van der Waals surface area (Å²) in [6, 6.07) is 16.4. The fourth-order valence-electron chi connectivity index (χ4n) is 2.31. The summed E-state index contributed by atoms with van der Waals surface area (Å²) >= 11 is 5.76. The topological polar surface area (TPSA) is 93.7 Å². The van der Waals surface area contributed by atoms with Crippen LogP contribution in [0.2, 0.25) is 5.02 Å². The largest absolute Gasteiger partial charge is 0.484 e. The van der Waals surface area contributed by atoms with Gasteiger partial charge in [-0.05, 0) is 42.7 Å². The van der Waals surface area contributed by atoms with E-state index in [4.69, 9.17) is 21.1 Å². The molecule has 0 fully saturated rings. The number of esters is 1. The average molecular weight is 419 g/mol. The Morgan fingerprint density at radius 2 is 1.55 bits per heavy atom. The Morgan fingerprint density at radius 3 is 2.28 bits per heavy atom. The maximum absolute atomic E-state index is 11.7. The third kappa shape index (κ3) is 9.62. The zero-order chi connectivity index (χ0) is 20.9. The Labute approximate surface area is 174 Å². The Bertz CT molecular complexity index is 796. The van der Waals surface area contributed by atoms with Crippen molar-refractivity contribution in [1.82, 2.24) is 10.9 Å². The minimum absolute atomic E-state index is 0.0612. The SMILES string of the molecule is O=C(CCC(=O)OCCCc1ccccc1)NNC(=O)COc1ccc(Cl)cc1. The number of nitrogens with one attached hydrogen (secondary N) is 2. The van der Waals surface area contributed by atoms with Gasteiger partial charge in [0, 0.05) is 11.4 Å². The van der Waals surface area contributed by atoms with Crippen LogP contribution in [0.25, 0.3) is 0 Å². The number of carbonyl (C=O) groups excluding carboxylic acids is 3. The van der Waals surface area contributed by atoms with Crippen molar-refractivity contribution in [1.29, 1.82) is 0 Å². The van der Waals surface area contributed by atoms with Crippen molar-refractivity contribution in [3.8, 4) is 5.75 Å². The van der Waals surface area contributed by atoms with Gasteiger partial charge in [-0.25, -0.2) is 0 Å². The van der Waals surface area contributed by atoms with Crippen LogP contribution in [0.15, 0.2) is 54.6 Å². The number of halogens is 1. The number of benzene rings is 2. The molecule has 0 radical (unpaired) electrons. The minimum atomic E-state index is -0.531. The normalized spacial score (nSPS) is 10.1. The van der Waals surface area contributed by atoms with Gasteiger partial charge in [0.25, 0.3) is 5.91 Å². The fourth-order valence-corrected chi connectivity index (χ4v) is 2.44. The first-order valence-electron chi connectivity index (χ1n) is 9.18. The molecule has 0 unspecified atom stereocenters. The van der Waals surface area contributed by atoms with Crippen LogP contribution in [0.5, 0.6) is 5.75 Å². The molecule has 0 aliphatic carbocycles. The first-order valence-corrected chi connectivity index (χ1v) is 9.56. The molecule has 0 heterocycles. The highest BCUT2D eigenvalue weighted by Gasteiger charge is 2.09. The summed E-state index contributed by atoms with van der Waals surface area (Å²) in [6.45, 7) is 0.0273. The number of amides is 2. The zero-order valence-electron chi connectivity index (χ0n) is 15.9. The molecule has 0 aliphatic heterocycles. The molecule has 0 aliphatic rings. The summed E-state index contributed by atoms with van der Waals surface area (Å²) < 4.78 is 10.3. The molecule has 0 saturated heterocycles. The highest BCUT2D eigenvalue weighted by atomic mass is 35.5. The first-order chi connectivity index (χ1) is 14.0. The van der Waals surface area contributed by atoms with Gasteiger partial charge in [-0.15, -0.1) is 0 Å². The molecule has 0 aromatic heterocycles. The predicted octanol–water partition coefficient (Wildman–Crippen LogP) is 2.82. The molecule has 154 valence electrons. The van der Waals surface area contributed by atoms with Gasteiger partial charge in [0.2, 0.25) is 5.91 Å².